The van der Waals surface area contributed by atoms with Gasteiger partial charge in [-0.3, -0.25) is 19.2 Å². The van der Waals surface area contributed by atoms with E-state index in [1.54, 1.807) is 4.90 Å². The number of carbonyl (C=O) groups excluding carboxylic acids is 3. The molecule has 0 spiro atoms. The van der Waals surface area contributed by atoms with Gasteiger partial charge in [0.2, 0.25) is 17.7 Å². The van der Waals surface area contributed by atoms with Gasteiger partial charge in [-0.05, 0) is 51.1 Å². The van der Waals surface area contributed by atoms with Crippen molar-refractivity contribution in [1.29, 1.82) is 0 Å². The van der Waals surface area contributed by atoms with Crippen LogP contribution >= 0.6 is 12.4 Å². The topological polar surface area (TPSA) is 128 Å². The maximum absolute atomic E-state index is 12.6. The first-order chi connectivity index (χ1) is 13.3. The zero-order chi connectivity index (χ0) is 20.5. The summed E-state index contributed by atoms with van der Waals surface area (Å²) in [5.74, 6) is -1.57. The summed E-state index contributed by atoms with van der Waals surface area (Å²) in [5, 5.41) is 17.3. The molecule has 0 unspecified atom stereocenters. The Balaban J connectivity index is 0.00000420. The molecule has 10 heteroatoms. The van der Waals surface area contributed by atoms with Crippen molar-refractivity contribution < 1.29 is 24.3 Å². The van der Waals surface area contributed by atoms with Crippen LogP contribution in [0.15, 0.2) is 0 Å². The number of hydrogen-bond acceptors (Lipinski definition) is 5. The third-order valence-electron chi connectivity index (χ3n) is 5.44. The Bertz CT molecular complexity index is 567. The van der Waals surface area contributed by atoms with Crippen molar-refractivity contribution in [3.05, 3.63) is 0 Å². The summed E-state index contributed by atoms with van der Waals surface area (Å²) < 4.78 is 0. The van der Waals surface area contributed by atoms with Gasteiger partial charge in [0.15, 0.2) is 0 Å². The van der Waals surface area contributed by atoms with E-state index < -0.39 is 24.5 Å². The maximum atomic E-state index is 12.6. The van der Waals surface area contributed by atoms with Crippen molar-refractivity contribution in [3.63, 3.8) is 0 Å². The SMILES string of the molecule is CC(=O)N[C@H](CC(=O)O)NC(=O)[C@@H]1CCCN(C(=O)CCC2CCNCC2)C1.Cl. The first kappa shape index (κ1) is 25.2. The Labute approximate surface area is 177 Å². The molecule has 0 aromatic carbocycles. The summed E-state index contributed by atoms with van der Waals surface area (Å²) in [7, 11) is 0. The van der Waals surface area contributed by atoms with Crippen LogP contribution in [0, 0.1) is 11.8 Å². The predicted molar refractivity (Wildman–Crippen MR) is 109 cm³/mol. The summed E-state index contributed by atoms with van der Waals surface area (Å²) in [4.78, 5) is 49.0. The maximum Gasteiger partial charge on any atom is 0.307 e. The Morgan fingerprint density at radius 3 is 2.45 bits per heavy atom. The molecule has 2 atom stereocenters. The minimum absolute atomic E-state index is 0. The molecule has 0 aliphatic carbocycles. The molecule has 4 N–H and O–H groups in total. The number of carboxylic acids is 1. The second-order valence-electron chi connectivity index (χ2n) is 7.77. The molecule has 9 nitrogen and oxygen atoms in total. The van der Waals surface area contributed by atoms with Gasteiger partial charge in [0.25, 0.3) is 0 Å². The van der Waals surface area contributed by atoms with Crippen LogP contribution in [-0.4, -0.2) is 66.0 Å². The summed E-state index contributed by atoms with van der Waals surface area (Å²) in [6.45, 7) is 4.29. The van der Waals surface area contributed by atoms with Gasteiger partial charge in [0.05, 0.1) is 12.3 Å². The fourth-order valence-electron chi connectivity index (χ4n) is 3.92. The first-order valence-electron chi connectivity index (χ1n) is 10.1. The zero-order valence-electron chi connectivity index (χ0n) is 16.9. The van der Waals surface area contributed by atoms with Crippen molar-refractivity contribution in [2.24, 2.45) is 11.8 Å². The van der Waals surface area contributed by atoms with Crippen molar-refractivity contribution in [3.8, 4) is 0 Å². The van der Waals surface area contributed by atoms with Gasteiger partial charge in [-0.2, -0.15) is 0 Å². The van der Waals surface area contributed by atoms with Gasteiger partial charge in [-0.1, -0.05) is 0 Å². The number of aliphatic carboxylic acids is 1. The number of likely N-dealkylation sites (tertiary alicyclic amines) is 1. The third-order valence-corrected chi connectivity index (χ3v) is 5.44. The van der Waals surface area contributed by atoms with Gasteiger partial charge in [-0.25, -0.2) is 0 Å². The monoisotopic (exact) mass is 432 g/mol. The molecule has 0 aromatic rings. The lowest BCUT2D eigenvalue weighted by atomic mass is 9.92. The van der Waals surface area contributed by atoms with E-state index in [1.807, 2.05) is 0 Å². The molecule has 0 aromatic heterocycles. The molecule has 0 radical (unpaired) electrons. The lowest BCUT2D eigenvalue weighted by Crippen LogP contribution is -2.53. The lowest BCUT2D eigenvalue weighted by Gasteiger charge is -2.33. The summed E-state index contributed by atoms with van der Waals surface area (Å²) in [6, 6.07) is 0. The van der Waals surface area contributed by atoms with E-state index in [1.165, 1.54) is 6.92 Å². The minimum Gasteiger partial charge on any atom is -0.481 e. The molecular formula is C19H33ClN4O5. The van der Waals surface area contributed by atoms with Crippen LogP contribution in [0.3, 0.4) is 0 Å². The van der Waals surface area contributed by atoms with Crippen molar-refractivity contribution in [2.45, 2.75) is 58.0 Å². The number of hydrogen-bond donors (Lipinski definition) is 4. The van der Waals surface area contributed by atoms with E-state index in [-0.39, 0.29) is 30.1 Å². The molecule has 166 valence electrons. The summed E-state index contributed by atoms with van der Waals surface area (Å²) in [6.07, 6.45) is 3.64. The lowest BCUT2D eigenvalue weighted by molar-refractivity contribution is -0.138. The Morgan fingerprint density at radius 2 is 1.83 bits per heavy atom. The molecule has 0 saturated carbocycles. The highest BCUT2D eigenvalue weighted by atomic mass is 35.5. The fourth-order valence-corrected chi connectivity index (χ4v) is 3.92. The van der Waals surface area contributed by atoms with Gasteiger partial charge < -0.3 is 26.0 Å². The van der Waals surface area contributed by atoms with Crippen molar-refractivity contribution >= 4 is 36.1 Å². The molecule has 2 heterocycles. The van der Waals surface area contributed by atoms with Crippen LogP contribution < -0.4 is 16.0 Å². The Kier molecular flexibility index (Phi) is 11.0. The highest BCUT2D eigenvalue weighted by Gasteiger charge is 2.30. The van der Waals surface area contributed by atoms with Gasteiger partial charge in [0, 0.05) is 26.4 Å². The number of piperidine rings is 2. The molecule has 2 rings (SSSR count). The van der Waals surface area contributed by atoms with Crippen LogP contribution in [0.1, 0.15) is 51.9 Å². The predicted octanol–water partition coefficient (Wildman–Crippen LogP) is 0.480. The summed E-state index contributed by atoms with van der Waals surface area (Å²) >= 11 is 0. The van der Waals surface area contributed by atoms with Gasteiger partial charge in [0.1, 0.15) is 6.17 Å². The summed E-state index contributed by atoms with van der Waals surface area (Å²) in [5.41, 5.74) is 0. The fraction of sp³-hybridized carbons (Fsp3) is 0.789. The smallest absolute Gasteiger partial charge is 0.307 e. The van der Waals surface area contributed by atoms with Crippen LogP contribution in [0.2, 0.25) is 0 Å². The number of nitrogens with one attached hydrogen (secondary N) is 3. The van der Waals surface area contributed by atoms with Crippen molar-refractivity contribution in [1.82, 2.24) is 20.9 Å². The number of rotatable bonds is 8. The van der Waals surface area contributed by atoms with E-state index in [0.717, 1.165) is 38.8 Å². The van der Waals surface area contributed by atoms with E-state index >= 15 is 0 Å². The van der Waals surface area contributed by atoms with E-state index in [4.69, 9.17) is 5.11 Å². The molecule has 3 amide bonds. The molecule has 0 bridgehead atoms. The second-order valence-corrected chi connectivity index (χ2v) is 7.77. The van der Waals surface area contributed by atoms with Gasteiger partial charge >= 0.3 is 5.97 Å². The van der Waals surface area contributed by atoms with E-state index in [2.05, 4.69) is 16.0 Å². The molecule has 2 aliphatic heterocycles. The molecule has 29 heavy (non-hydrogen) atoms. The third kappa shape index (κ3) is 8.99. The largest absolute Gasteiger partial charge is 0.481 e. The number of amides is 3. The first-order valence-corrected chi connectivity index (χ1v) is 10.1. The molecule has 2 saturated heterocycles. The van der Waals surface area contributed by atoms with E-state index in [9.17, 15) is 19.2 Å². The van der Waals surface area contributed by atoms with Crippen molar-refractivity contribution in [2.75, 3.05) is 26.2 Å². The van der Waals surface area contributed by atoms with Crippen LogP contribution in [0.25, 0.3) is 0 Å². The number of carbonyl (C=O) groups is 4. The van der Waals surface area contributed by atoms with Crippen LogP contribution in [0.5, 0.6) is 0 Å². The second kappa shape index (κ2) is 12.6. The molecule has 2 fully saturated rings. The van der Waals surface area contributed by atoms with Crippen LogP contribution in [-0.2, 0) is 19.2 Å². The van der Waals surface area contributed by atoms with E-state index in [0.29, 0.717) is 31.8 Å². The average Bonchev–Trinajstić information content (AvgIpc) is 2.66. The highest BCUT2D eigenvalue weighted by molar-refractivity contribution is 5.85. The number of nitrogens with zero attached hydrogens (tertiary/aromatic N) is 1. The standard InChI is InChI=1S/C19H32N4O5.ClH/c1-13(24)21-16(11-18(26)27)22-19(28)15-3-2-10-23(12-15)17(25)5-4-14-6-8-20-9-7-14;/h14-16,20H,2-12H2,1H3,(H,21,24)(H,22,28)(H,26,27);1H/t15-,16+;/m1./s1. The van der Waals surface area contributed by atoms with Crippen LogP contribution in [0.4, 0.5) is 0 Å². The average molecular weight is 433 g/mol. The quantitative estimate of drug-likeness (QED) is 0.413. The number of halogens is 1. The zero-order valence-corrected chi connectivity index (χ0v) is 17.8. The molecule has 2 aliphatic rings. The normalized spacial score (nSPS) is 20.9. The minimum atomic E-state index is -1.11. The molecular weight excluding hydrogens is 400 g/mol. The number of carboxylic acid groups (broad SMARTS) is 1. The Morgan fingerprint density at radius 1 is 1.14 bits per heavy atom. The Hall–Kier alpha value is -1.87. The highest BCUT2D eigenvalue weighted by Crippen LogP contribution is 2.21. The van der Waals surface area contributed by atoms with Gasteiger partial charge in [-0.15, -0.1) is 12.4 Å².